The summed E-state index contributed by atoms with van der Waals surface area (Å²) < 4.78 is 11.6. The predicted molar refractivity (Wildman–Crippen MR) is 92.6 cm³/mol. The van der Waals surface area contributed by atoms with Crippen LogP contribution in [0.1, 0.15) is 5.56 Å². The lowest BCUT2D eigenvalue weighted by molar-refractivity contribution is 0.301. The van der Waals surface area contributed by atoms with E-state index in [4.69, 9.17) is 20.8 Å². The highest BCUT2D eigenvalue weighted by atomic mass is 35.5. The first-order chi connectivity index (χ1) is 11.7. The highest BCUT2D eigenvalue weighted by molar-refractivity contribution is 6.31. The summed E-state index contributed by atoms with van der Waals surface area (Å²) in [6.07, 6.45) is 0. The Kier molecular flexibility index (Phi) is 2.73. The lowest BCUT2D eigenvalue weighted by atomic mass is 10.0. The number of rotatable bonds is 0. The summed E-state index contributed by atoms with van der Waals surface area (Å²) in [7, 11) is 0. The quantitative estimate of drug-likeness (QED) is 0.442. The SMILES string of the molecule is O=c1c2ccccc2oc2nc3c(cc12)COc1ccc(Cl)cc1-3. The van der Waals surface area contributed by atoms with Crippen molar-refractivity contribution in [2.45, 2.75) is 6.61 Å². The molecule has 24 heavy (non-hydrogen) atoms. The number of nitrogens with zero attached hydrogens (tertiary/aromatic N) is 1. The average Bonchev–Trinajstić information content (AvgIpc) is 2.61. The number of hydrogen-bond donors (Lipinski definition) is 0. The third-order valence-electron chi connectivity index (χ3n) is 4.23. The molecule has 5 heteroatoms. The number of para-hydroxylation sites is 1. The van der Waals surface area contributed by atoms with Gasteiger partial charge in [-0.1, -0.05) is 23.7 Å². The van der Waals surface area contributed by atoms with Crippen LogP contribution >= 0.6 is 11.6 Å². The lowest BCUT2D eigenvalue weighted by Crippen LogP contribution is -2.10. The van der Waals surface area contributed by atoms with Gasteiger partial charge in [-0.05, 0) is 36.4 Å². The Morgan fingerprint density at radius 3 is 2.83 bits per heavy atom. The van der Waals surface area contributed by atoms with Gasteiger partial charge >= 0.3 is 0 Å². The third-order valence-corrected chi connectivity index (χ3v) is 4.46. The zero-order chi connectivity index (χ0) is 16.3. The number of pyridine rings is 1. The van der Waals surface area contributed by atoms with Gasteiger partial charge in [0.1, 0.15) is 17.9 Å². The Morgan fingerprint density at radius 2 is 1.92 bits per heavy atom. The molecule has 4 aromatic rings. The molecule has 0 unspecified atom stereocenters. The van der Waals surface area contributed by atoms with Gasteiger partial charge in [-0.25, -0.2) is 4.98 Å². The summed E-state index contributed by atoms with van der Waals surface area (Å²) in [6.45, 7) is 0.360. The summed E-state index contributed by atoms with van der Waals surface area (Å²) in [4.78, 5) is 17.3. The van der Waals surface area contributed by atoms with E-state index in [2.05, 4.69) is 4.98 Å². The molecule has 0 saturated heterocycles. The van der Waals surface area contributed by atoms with Gasteiger partial charge < -0.3 is 9.15 Å². The predicted octanol–water partition coefficient (Wildman–Crippen LogP) is 4.55. The summed E-state index contributed by atoms with van der Waals surface area (Å²) in [5.41, 5.74) is 3.16. The molecule has 0 spiro atoms. The van der Waals surface area contributed by atoms with Crippen LogP contribution in [0.5, 0.6) is 5.75 Å². The molecule has 5 rings (SSSR count). The fraction of sp³-hybridized carbons (Fsp3) is 0.0526. The molecule has 0 aliphatic carbocycles. The third kappa shape index (κ3) is 1.87. The van der Waals surface area contributed by atoms with E-state index in [1.807, 2.05) is 24.3 Å². The monoisotopic (exact) mass is 335 g/mol. The van der Waals surface area contributed by atoms with Crippen LogP contribution in [0.25, 0.3) is 33.3 Å². The van der Waals surface area contributed by atoms with Gasteiger partial charge in [0.05, 0.1) is 16.5 Å². The maximum absolute atomic E-state index is 12.7. The molecule has 2 aromatic carbocycles. The number of ether oxygens (including phenoxy) is 1. The summed E-state index contributed by atoms with van der Waals surface area (Å²) in [6, 6.07) is 14.4. The maximum Gasteiger partial charge on any atom is 0.231 e. The minimum absolute atomic E-state index is 0.0842. The largest absolute Gasteiger partial charge is 0.488 e. The van der Waals surface area contributed by atoms with E-state index in [1.54, 1.807) is 24.3 Å². The van der Waals surface area contributed by atoms with Crippen molar-refractivity contribution in [2.75, 3.05) is 0 Å². The zero-order valence-electron chi connectivity index (χ0n) is 12.4. The van der Waals surface area contributed by atoms with Gasteiger partial charge in [0.15, 0.2) is 0 Å². The van der Waals surface area contributed by atoms with Crippen LogP contribution in [0.3, 0.4) is 0 Å². The number of halogens is 1. The summed E-state index contributed by atoms with van der Waals surface area (Å²) >= 11 is 6.11. The molecule has 0 saturated carbocycles. The zero-order valence-corrected chi connectivity index (χ0v) is 13.1. The van der Waals surface area contributed by atoms with Crippen molar-refractivity contribution < 1.29 is 9.15 Å². The first kappa shape index (κ1) is 13.6. The van der Waals surface area contributed by atoms with E-state index in [0.29, 0.717) is 33.7 Å². The van der Waals surface area contributed by atoms with Crippen molar-refractivity contribution >= 4 is 33.7 Å². The second-order valence-electron chi connectivity index (χ2n) is 5.71. The molecule has 0 fully saturated rings. The fourth-order valence-electron chi connectivity index (χ4n) is 3.08. The molecule has 0 radical (unpaired) electrons. The highest BCUT2D eigenvalue weighted by Crippen LogP contribution is 2.38. The van der Waals surface area contributed by atoms with Crippen LogP contribution in [0.15, 0.2) is 57.7 Å². The van der Waals surface area contributed by atoms with Gasteiger partial charge in [-0.3, -0.25) is 4.79 Å². The second-order valence-corrected chi connectivity index (χ2v) is 6.14. The molecule has 1 aliphatic heterocycles. The number of benzene rings is 2. The normalized spacial score (nSPS) is 12.7. The average molecular weight is 336 g/mol. The van der Waals surface area contributed by atoms with Gasteiger partial charge in [-0.2, -0.15) is 0 Å². The summed E-state index contributed by atoms with van der Waals surface area (Å²) in [5, 5.41) is 1.61. The molecule has 0 atom stereocenters. The molecular weight excluding hydrogens is 326 g/mol. The van der Waals surface area contributed by atoms with E-state index in [9.17, 15) is 4.79 Å². The second kappa shape index (κ2) is 4.82. The standard InChI is InChI=1S/C19H10ClNO3/c20-11-5-6-15-13(8-11)17-10(9-23-15)7-14-18(22)12-3-1-2-4-16(12)24-19(14)21-17/h1-8H,9H2. The first-order valence-corrected chi connectivity index (χ1v) is 7.87. The molecule has 3 heterocycles. The van der Waals surface area contributed by atoms with Crippen LogP contribution in [-0.2, 0) is 6.61 Å². The molecule has 0 N–H and O–H groups in total. The van der Waals surface area contributed by atoms with Crippen LogP contribution < -0.4 is 10.2 Å². The van der Waals surface area contributed by atoms with Gasteiger partial charge in [0, 0.05) is 16.1 Å². The Morgan fingerprint density at radius 1 is 1.04 bits per heavy atom. The minimum Gasteiger partial charge on any atom is -0.488 e. The first-order valence-electron chi connectivity index (χ1n) is 7.49. The Labute approximate surface area is 141 Å². The smallest absolute Gasteiger partial charge is 0.231 e. The van der Waals surface area contributed by atoms with Gasteiger partial charge in [0.2, 0.25) is 11.1 Å². The number of hydrogen-bond acceptors (Lipinski definition) is 4. The van der Waals surface area contributed by atoms with E-state index in [-0.39, 0.29) is 5.43 Å². The van der Waals surface area contributed by atoms with E-state index >= 15 is 0 Å². The van der Waals surface area contributed by atoms with Crippen LogP contribution in [0.4, 0.5) is 0 Å². The van der Waals surface area contributed by atoms with Gasteiger partial charge in [0.25, 0.3) is 0 Å². The number of aromatic nitrogens is 1. The van der Waals surface area contributed by atoms with Crippen LogP contribution in [0, 0.1) is 0 Å². The Hall–Kier alpha value is -2.85. The highest BCUT2D eigenvalue weighted by Gasteiger charge is 2.21. The maximum atomic E-state index is 12.7. The Bertz CT molecular complexity index is 1200. The molecule has 0 bridgehead atoms. The summed E-state index contributed by atoms with van der Waals surface area (Å²) in [5.74, 6) is 0.724. The molecular formula is C19H10ClNO3. The van der Waals surface area contributed by atoms with E-state index in [1.165, 1.54) is 0 Å². The van der Waals surface area contributed by atoms with Crippen molar-refractivity contribution in [1.29, 1.82) is 0 Å². The lowest BCUT2D eigenvalue weighted by Gasteiger charge is -2.20. The van der Waals surface area contributed by atoms with E-state index in [0.717, 1.165) is 22.6 Å². The van der Waals surface area contributed by atoms with Crippen LogP contribution in [-0.4, -0.2) is 4.98 Å². The molecule has 2 aromatic heterocycles. The topological polar surface area (TPSA) is 52.3 Å². The molecule has 4 nitrogen and oxygen atoms in total. The van der Waals surface area contributed by atoms with E-state index < -0.39 is 0 Å². The van der Waals surface area contributed by atoms with Crippen molar-refractivity contribution in [3.05, 3.63) is 69.3 Å². The minimum atomic E-state index is -0.0842. The molecule has 0 amide bonds. The molecule has 116 valence electrons. The van der Waals surface area contributed by atoms with Crippen molar-refractivity contribution in [1.82, 2.24) is 4.98 Å². The van der Waals surface area contributed by atoms with Crippen molar-refractivity contribution in [3.63, 3.8) is 0 Å². The number of fused-ring (bicyclic) bond motifs is 5. The van der Waals surface area contributed by atoms with Gasteiger partial charge in [-0.15, -0.1) is 0 Å². The van der Waals surface area contributed by atoms with Crippen LogP contribution in [0.2, 0.25) is 5.02 Å². The van der Waals surface area contributed by atoms with Crippen molar-refractivity contribution in [2.24, 2.45) is 0 Å². The Balaban J connectivity index is 1.89. The fourth-order valence-corrected chi connectivity index (χ4v) is 3.25. The van der Waals surface area contributed by atoms with Crippen molar-refractivity contribution in [3.8, 4) is 17.0 Å². The molecule has 1 aliphatic rings.